The van der Waals surface area contributed by atoms with E-state index in [0.717, 1.165) is 0 Å². The Balaban J connectivity index is 2.28. The van der Waals surface area contributed by atoms with Crippen LogP contribution in [0.1, 0.15) is 16.8 Å². The Kier molecular flexibility index (Phi) is 5.26. The third kappa shape index (κ3) is 3.57. The van der Waals surface area contributed by atoms with Crippen molar-refractivity contribution in [2.45, 2.75) is 12.5 Å². The van der Waals surface area contributed by atoms with E-state index < -0.39 is 17.4 Å². The number of nitrogens with zero attached hydrogens (tertiary/aromatic N) is 1. The van der Waals surface area contributed by atoms with Crippen LogP contribution in [0.5, 0.6) is 0 Å². The zero-order valence-corrected chi connectivity index (χ0v) is 16.4. The SMILES string of the molecule is [CH2]C(NC(=O)O)(c1ccccc1Cl)c1c(C)noc1-c1ccc(Br)c(F)c1. The van der Waals surface area contributed by atoms with Crippen molar-refractivity contribution in [3.63, 3.8) is 0 Å². The van der Waals surface area contributed by atoms with Gasteiger partial charge in [-0.15, -0.1) is 0 Å². The summed E-state index contributed by atoms with van der Waals surface area (Å²) in [5.74, 6) is -0.298. The molecular formula is C19H14BrClFN2O3. The van der Waals surface area contributed by atoms with Crippen LogP contribution in [0.15, 0.2) is 51.5 Å². The fraction of sp³-hybridized carbons (Fsp3) is 0.105. The smallest absolute Gasteiger partial charge is 0.405 e. The van der Waals surface area contributed by atoms with Gasteiger partial charge in [-0.2, -0.15) is 0 Å². The minimum atomic E-state index is -1.52. The third-order valence-corrected chi connectivity index (χ3v) is 5.10. The van der Waals surface area contributed by atoms with Crippen LogP contribution in [-0.2, 0) is 5.54 Å². The Morgan fingerprint density at radius 1 is 1.37 bits per heavy atom. The van der Waals surface area contributed by atoms with Crippen LogP contribution in [0.4, 0.5) is 9.18 Å². The monoisotopic (exact) mass is 451 g/mol. The van der Waals surface area contributed by atoms with E-state index in [0.29, 0.717) is 31.9 Å². The van der Waals surface area contributed by atoms with Gasteiger partial charge in [0.1, 0.15) is 11.4 Å². The lowest BCUT2D eigenvalue weighted by Gasteiger charge is -2.31. The Labute approximate surface area is 168 Å². The first-order valence-electron chi connectivity index (χ1n) is 7.77. The maximum atomic E-state index is 14.0. The highest BCUT2D eigenvalue weighted by molar-refractivity contribution is 9.10. The van der Waals surface area contributed by atoms with Crippen LogP contribution in [-0.4, -0.2) is 16.4 Å². The second-order valence-electron chi connectivity index (χ2n) is 5.92. The van der Waals surface area contributed by atoms with Gasteiger partial charge in [-0.1, -0.05) is 35.0 Å². The van der Waals surface area contributed by atoms with E-state index in [-0.39, 0.29) is 5.76 Å². The van der Waals surface area contributed by atoms with Gasteiger partial charge in [0.05, 0.1) is 15.7 Å². The number of benzene rings is 2. The molecule has 0 saturated heterocycles. The molecule has 0 saturated carbocycles. The van der Waals surface area contributed by atoms with Crippen LogP contribution in [0.2, 0.25) is 5.02 Å². The Bertz CT molecular complexity index is 1020. The summed E-state index contributed by atoms with van der Waals surface area (Å²) in [4.78, 5) is 11.5. The molecule has 1 radical (unpaired) electrons. The largest absolute Gasteiger partial charge is 0.465 e. The molecule has 5 nitrogen and oxygen atoms in total. The van der Waals surface area contributed by atoms with Crippen LogP contribution >= 0.6 is 27.5 Å². The molecular weight excluding hydrogens is 439 g/mol. The van der Waals surface area contributed by atoms with Crippen molar-refractivity contribution in [2.24, 2.45) is 0 Å². The highest BCUT2D eigenvalue weighted by Crippen LogP contribution is 2.41. The number of hydrogen-bond donors (Lipinski definition) is 2. The van der Waals surface area contributed by atoms with Crippen LogP contribution in [0, 0.1) is 19.7 Å². The van der Waals surface area contributed by atoms with E-state index in [1.807, 2.05) is 0 Å². The minimum absolute atomic E-state index is 0.197. The van der Waals surface area contributed by atoms with Crippen LogP contribution in [0.3, 0.4) is 0 Å². The van der Waals surface area contributed by atoms with Gasteiger partial charge in [-0.05, 0) is 54.0 Å². The minimum Gasteiger partial charge on any atom is -0.465 e. The number of halogens is 3. The number of aryl methyl sites for hydroxylation is 1. The van der Waals surface area contributed by atoms with Gasteiger partial charge in [0.25, 0.3) is 0 Å². The van der Waals surface area contributed by atoms with Crippen molar-refractivity contribution in [1.29, 1.82) is 0 Å². The Morgan fingerprint density at radius 3 is 2.70 bits per heavy atom. The lowest BCUT2D eigenvalue weighted by atomic mass is 9.82. The summed E-state index contributed by atoms with van der Waals surface area (Å²) in [6.45, 7) is 5.74. The summed E-state index contributed by atoms with van der Waals surface area (Å²) in [5, 5.41) is 16.1. The summed E-state index contributed by atoms with van der Waals surface area (Å²) in [6.07, 6.45) is -1.31. The normalized spacial score (nSPS) is 13.2. The number of aromatic nitrogens is 1. The summed E-state index contributed by atoms with van der Waals surface area (Å²) in [6, 6.07) is 11.1. The molecule has 0 bridgehead atoms. The second kappa shape index (κ2) is 7.32. The molecule has 1 amide bonds. The first-order chi connectivity index (χ1) is 12.7. The van der Waals surface area contributed by atoms with Crippen LogP contribution in [0.25, 0.3) is 11.3 Å². The Morgan fingerprint density at radius 2 is 2.07 bits per heavy atom. The molecule has 0 fully saturated rings. The summed E-state index contributed by atoms with van der Waals surface area (Å²) >= 11 is 9.42. The highest BCUT2D eigenvalue weighted by atomic mass is 79.9. The van der Waals surface area contributed by atoms with Crippen molar-refractivity contribution in [3.8, 4) is 11.3 Å². The molecule has 27 heavy (non-hydrogen) atoms. The molecule has 1 unspecified atom stereocenters. The first-order valence-corrected chi connectivity index (χ1v) is 8.94. The number of hydrogen-bond acceptors (Lipinski definition) is 3. The maximum Gasteiger partial charge on any atom is 0.405 e. The predicted molar refractivity (Wildman–Crippen MR) is 103 cm³/mol. The van der Waals surface area contributed by atoms with E-state index in [1.54, 1.807) is 37.3 Å². The topological polar surface area (TPSA) is 75.4 Å². The average molecular weight is 453 g/mol. The van der Waals surface area contributed by atoms with Gasteiger partial charge < -0.3 is 14.9 Å². The molecule has 2 aromatic carbocycles. The van der Waals surface area contributed by atoms with Gasteiger partial charge in [0, 0.05) is 16.1 Å². The molecule has 0 aliphatic heterocycles. The van der Waals surface area contributed by atoms with Gasteiger partial charge >= 0.3 is 6.09 Å². The summed E-state index contributed by atoms with van der Waals surface area (Å²) in [7, 11) is 0. The van der Waals surface area contributed by atoms with E-state index in [1.165, 1.54) is 12.1 Å². The lowest BCUT2D eigenvalue weighted by molar-refractivity contribution is 0.187. The van der Waals surface area contributed by atoms with Gasteiger partial charge in [0.2, 0.25) is 0 Å². The summed E-state index contributed by atoms with van der Waals surface area (Å²) < 4.78 is 19.8. The van der Waals surface area contributed by atoms with Crippen molar-refractivity contribution in [1.82, 2.24) is 10.5 Å². The molecule has 0 aliphatic carbocycles. The van der Waals surface area contributed by atoms with E-state index >= 15 is 0 Å². The number of carboxylic acid groups (broad SMARTS) is 1. The van der Waals surface area contributed by atoms with E-state index in [2.05, 4.69) is 33.3 Å². The lowest BCUT2D eigenvalue weighted by Crippen LogP contribution is -2.44. The first kappa shape index (κ1) is 19.4. The molecule has 2 N–H and O–H groups in total. The highest BCUT2D eigenvalue weighted by Gasteiger charge is 2.39. The molecule has 0 aliphatic rings. The number of carbonyl (C=O) groups is 1. The maximum absolute atomic E-state index is 14.0. The van der Waals surface area contributed by atoms with E-state index in [9.17, 15) is 14.3 Å². The fourth-order valence-corrected chi connectivity index (χ4v) is 3.50. The average Bonchev–Trinajstić information content (AvgIpc) is 2.99. The fourth-order valence-electron chi connectivity index (χ4n) is 2.96. The zero-order valence-electron chi connectivity index (χ0n) is 14.1. The number of amides is 1. The van der Waals surface area contributed by atoms with Crippen molar-refractivity contribution in [3.05, 3.63) is 81.5 Å². The zero-order chi connectivity index (χ0) is 19.8. The number of rotatable bonds is 4. The molecule has 3 rings (SSSR count). The molecule has 0 spiro atoms. The van der Waals surface area contributed by atoms with Gasteiger partial charge in [-0.3, -0.25) is 0 Å². The van der Waals surface area contributed by atoms with E-state index in [4.69, 9.17) is 16.1 Å². The second-order valence-corrected chi connectivity index (χ2v) is 7.18. The van der Waals surface area contributed by atoms with Gasteiger partial charge in [-0.25, -0.2) is 9.18 Å². The van der Waals surface area contributed by atoms with Crippen molar-refractivity contribution >= 4 is 33.6 Å². The molecule has 139 valence electrons. The quantitative estimate of drug-likeness (QED) is 0.544. The number of nitrogens with one attached hydrogen (secondary N) is 1. The van der Waals surface area contributed by atoms with Crippen molar-refractivity contribution in [2.75, 3.05) is 0 Å². The molecule has 1 atom stereocenters. The van der Waals surface area contributed by atoms with Crippen molar-refractivity contribution < 1.29 is 18.8 Å². The molecule has 3 aromatic rings. The van der Waals surface area contributed by atoms with Crippen LogP contribution < -0.4 is 5.32 Å². The third-order valence-electron chi connectivity index (χ3n) is 4.13. The Hall–Kier alpha value is -2.38. The molecule has 8 heteroatoms. The van der Waals surface area contributed by atoms with Gasteiger partial charge in [0.15, 0.2) is 5.76 Å². The molecule has 1 aromatic heterocycles. The standard InChI is InChI=1S/C19H14BrClFN2O3/c1-10-16(17(27-24-10)11-7-8-13(20)15(22)9-11)19(2,23-18(25)26)12-5-3-4-6-14(12)21/h3-9,23H,2H2,1H3,(H,25,26). The molecule has 1 heterocycles. The predicted octanol–water partition coefficient (Wildman–Crippen LogP) is 5.55. The summed E-state index contributed by atoms with van der Waals surface area (Å²) in [5.41, 5.74) is 0.0298.